The normalized spacial score (nSPS) is 11.2. The van der Waals surface area contributed by atoms with Gasteiger partial charge in [0, 0.05) is 27.3 Å². The summed E-state index contributed by atoms with van der Waals surface area (Å²) in [5.74, 6) is 0. The smallest absolute Gasteiger partial charge is 0.0635 e. The summed E-state index contributed by atoms with van der Waals surface area (Å²) in [7, 11) is 1.06. The van der Waals surface area contributed by atoms with Gasteiger partial charge in [0.25, 0.3) is 0 Å². The number of rotatable bonds is 4. The van der Waals surface area contributed by atoms with Crippen molar-refractivity contribution in [2.75, 3.05) is 0 Å². The molecule has 3 heteroatoms. The largest absolute Gasteiger partial charge is 0.106 e. The minimum absolute atomic E-state index is 0. The van der Waals surface area contributed by atoms with Crippen molar-refractivity contribution in [3.63, 3.8) is 0 Å². The molecule has 0 spiro atoms. The van der Waals surface area contributed by atoms with Gasteiger partial charge in [-0.05, 0) is 43.7 Å². The van der Waals surface area contributed by atoms with Crippen LogP contribution in [-0.4, -0.2) is 10.2 Å². The summed E-state index contributed by atoms with van der Waals surface area (Å²) in [5, 5.41) is 4.47. The molecule has 0 aliphatic rings. The molecular formula is C21H23CuPSi+. The molecule has 0 amide bonds. The molecule has 0 aromatic heterocycles. The second kappa shape index (κ2) is 8.27. The maximum atomic E-state index is 2.41. The molecule has 2 radical (unpaired) electrons. The van der Waals surface area contributed by atoms with Crippen molar-refractivity contribution in [2.24, 2.45) is 0 Å². The van der Waals surface area contributed by atoms with Crippen LogP contribution in [0.2, 0.25) is 0 Å². The van der Waals surface area contributed by atoms with Crippen LogP contribution in [0.3, 0.4) is 0 Å². The van der Waals surface area contributed by atoms with E-state index in [0.29, 0.717) is 0 Å². The fourth-order valence-electron chi connectivity index (χ4n) is 3.36. The average molecular weight is 398 g/mol. The van der Waals surface area contributed by atoms with E-state index in [-0.39, 0.29) is 22.2 Å². The van der Waals surface area contributed by atoms with Gasteiger partial charge in [-0.2, -0.15) is 0 Å². The number of hydrogen-bond donors (Lipinski definition) is 0. The van der Waals surface area contributed by atoms with Gasteiger partial charge in [0.05, 0.1) is 18.5 Å². The molecule has 0 bridgehead atoms. The SMILES string of the molecule is CC(C)(c1ccccc1[SiH2])[PH+](c1ccccc1)c1ccccc1.[Cu]. The van der Waals surface area contributed by atoms with Gasteiger partial charge in [0.2, 0.25) is 0 Å². The molecule has 0 unspecified atom stereocenters. The van der Waals surface area contributed by atoms with Crippen LogP contribution in [0.15, 0.2) is 84.9 Å². The zero-order valence-electron chi connectivity index (χ0n) is 14.1. The first-order valence-corrected chi connectivity index (χ1v) is 10.2. The molecule has 0 saturated heterocycles. The molecule has 0 nitrogen and oxygen atoms in total. The van der Waals surface area contributed by atoms with Crippen LogP contribution >= 0.6 is 7.92 Å². The van der Waals surface area contributed by atoms with Crippen LogP contribution in [0, 0.1) is 0 Å². The fourth-order valence-corrected chi connectivity index (χ4v) is 7.58. The van der Waals surface area contributed by atoms with E-state index in [4.69, 9.17) is 0 Å². The number of hydrogen-bond acceptors (Lipinski definition) is 0. The summed E-state index contributed by atoms with van der Waals surface area (Å²) < 4.78 is 0. The minimum atomic E-state index is -0.946. The monoisotopic (exact) mass is 397 g/mol. The maximum absolute atomic E-state index is 2.41. The summed E-state index contributed by atoms with van der Waals surface area (Å²) in [6.07, 6.45) is 0. The summed E-state index contributed by atoms with van der Waals surface area (Å²) in [6, 6.07) is 30.9. The molecule has 0 heterocycles. The van der Waals surface area contributed by atoms with Crippen molar-refractivity contribution in [2.45, 2.75) is 19.0 Å². The topological polar surface area (TPSA) is 0 Å². The third-order valence-electron chi connectivity index (χ3n) is 4.44. The van der Waals surface area contributed by atoms with Crippen LogP contribution in [0.1, 0.15) is 19.4 Å². The first-order chi connectivity index (χ1) is 11.1. The fraction of sp³-hybridized carbons (Fsp3) is 0.143. The first-order valence-electron chi connectivity index (χ1n) is 8.00. The summed E-state index contributed by atoms with van der Waals surface area (Å²) in [6.45, 7) is 4.82. The molecule has 0 aliphatic carbocycles. The second-order valence-electron chi connectivity index (χ2n) is 6.39. The molecule has 0 atom stereocenters. The van der Waals surface area contributed by atoms with Crippen molar-refractivity contribution in [1.29, 1.82) is 0 Å². The van der Waals surface area contributed by atoms with E-state index < -0.39 is 7.92 Å². The Morgan fingerprint density at radius 1 is 0.667 bits per heavy atom. The molecule has 3 aromatic rings. The van der Waals surface area contributed by atoms with Crippen LogP contribution in [0.5, 0.6) is 0 Å². The standard InChI is InChI=1S/C21H22PSi.Cu/c1-21(2,19-15-9-10-16-20(19)23)22(17-11-5-3-6-12-17)18-13-7-4-8-14-18;/h3-16H,23H2,1-2H3;/p+1. The van der Waals surface area contributed by atoms with Gasteiger partial charge < -0.3 is 0 Å². The van der Waals surface area contributed by atoms with Crippen LogP contribution in [-0.2, 0) is 22.2 Å². The Bertz CT molecular complexity index is 733. The quantitative estimate of drug-likeness (QED) is 0.469. The summed E-state index contributed by atoms with van der Waals surface area (Å²) >= 11 is 0. The van der Waals surface area contributed by atoms with Crippen molar-refractivity contribution >= 4 is 34.0 Å². The molecule has 0 saturated carbocycles. The van der Waals surface area contributed by atoms with Gasteiger partial charge >= 0.3 is 0 Å². The molecule has 126 valence electrons. The van der Waals surface area contributed by atoms with Crippen molar-refractivity contribution in [3.05, 3.63) is 90.5 Å². The zero-order chi connectivity index (χ0) is 16.3. The van der Waals surface area contributed by atoms with E-state index in [1.54, 1.807) is 0 Å². The molecule has 3 rings (SSSR count). The Labute approximate surface area is 160 Å². The van der Waals surface area contributed by atoms with E-state index in [1.807, 2.05) is 10.2 Å². The number of benzene rings is 3. The van der Waals surface area contributed by atoms with Gasteiger partial charge in [-0.15, -0.1) is 0 Å². The first kappa shape index (κ1) is 19.2. The molecule has 0 fully saturated rings. The van der Waals surface area contributed by atoms with Gasteiger partial charge in [-0.3, -0.25) is 0 Å². The predicted molar refractivity (Wildman–Crippen MR) is 108 cm³/mol. The van der Waals surface area contributed by atoms with Gasteiger partial charge in [-0.25, -0.2) is 0 Å². The van der Waals surface area contributed by atoms with Crippen molar-refractivity contribution < 1.29 is 17.1 Å². The van der Waals surface area contributed by atoms with Gasteiger partial charge in [-0.1, -0.05) is 65.9 Å². The van der Waals surface area contributed by atoms with Crippen LogP contribution in [0.25, 0.3) is 0 Å². The third kappa shape index (κ3) is 3.90. The third-order valence-corrected chi connectivity index (χ3v) is 8.40. The Balaban J connectivity index is 0.00000208. The van der Waals surface area contributed by atoms with E-state index in [9.17, 15) is 0 Å². The predicted octanol–water partition coefficient (Wildman–Crippen LogP) is 3.04. The average Bonchev–Trinajstić information content (AvgIpc) is 2.57. The Kier molecular flexibility index (Phi) is 6.60. The Hall–Kier alpha value is -1.17. The molecule has 3 aromatic carbocycles. The second-order valence-corrected chi connectivity index (χ2v) is 10.3. The van der Waals surface area contributed by atoms with Crippen LogP contribution < -0.4 is 15.8 Å². The van der Waals surface area contributed by atoms with E-state index in [0.717, 1.165) is 0 Å². The Morgan fingerprint density at radius 3 is 1.54 bits per heavy atom. The summed E-state index contributed by atoms with van der Waals surface area (Å²) in [5.41, 5.74) is 1.47. The van der Waals surface area contributed by atoms with E-state index in [2.05, 4.69) is 98.8 Å². The van der Waals surface area contributed by atoms with Crippen molar-refractivity contribution in [1.82, 2.24) is 0 Å². The van der Waals surface area contributed by atoms with Gasteiger partial charge in [0.1, 0.15) is 5.16 Å². The van der Waals surface area contributed by atoms with Gasteiger partial charge in [0.15, 0.2) is 0 Å². The maximum Gasteiger partial charge on any atom is 0.106 e. The van der Waals surface area contributed by atoms with Crippen LogP contribution in [0.4, 0.5) is 0 Å². The van der Waals surface area contributed by atoms with E-state index >= 15 is 0 Å². The minimum Gasteiger partial charge on any atom is -0.0635 e. The van der Waals surface area contributed by atoms with E-state index in [1.165, 1.54) is 21.4 Å². The molecular weight excluding hydrogens is 375 g/mol. The molecule has 24 heavy (non-hydrogen) atoms. The summed E-state index contributed by atoms with van der Waals surface area (Å²) in [4.78, 5) is 0. The van der Waals surface area contributed by atoms with Crippen molar-refractivity contribution in [3.8, 4) is 0 Å². The zero-order valence-corrected chi connectivity index (χ0v) is 17.4. The molecule has 0 N–H and O–H groups in total. The molecule has 0 aliphatic heterocycles. The Morgan fingerprint density at radius 2 is 1.08 bits per heavy atom.